The quantitative estimate of drug-likeness (QED) is 0.844. The molecule has 3 N–H and O–H groups in total. The van der Waals surface area contributed by atoms with Gasteiger partial charge in [0.15, 0.2) is 0 Å². The molecule has 0 fully saturated rings. The highest BCUT2D eigenvalue weighted by atomic mass is 16.3. The molecule has 1 aromatic carbocycles. The Morgan fingerprint density at radius 2 is 2.11 bits per heavy atom. The number of hydrogen-bond acceptors (Lipinski definition) is 4. The van der Waals surface area contributed by atoms with Gasteiger partial charge in [-0.3, -0.25) is 9.59 Å². The summed E-state index contributed by atoms with van der Waals surface area (Å²) in [6.45, 7) is 0.135. The van der Waals surface area contributed by atoms with E-state index in [-0.39, 0.29) is 13.0 Å². The van der Waals surface area contributed by atoms with Crippen LogP contribution in [-0.4, -0.2) is 15.6 Å². The molecule has 0 saturated carbocycles. The summed E-state index contributed by atoms with van der Waals surface area (Å²) in [7, 11) is 0. The Hall–Kier alpha value is -2.81. The van der Waals surface area contributed by atoms with Crippen molar-refractivity contribution in [2.75, 3.05) is 0 Å². The molecule has 0 saturated heterocycles. The first-order valence-corrected chi connectivity index (χ1v) is 5.59. The molecule has 0 aliphatic rings. The number of nitriles is 1. The molecule has 1 aromatic heterocycles. The molecule has 6 nitrogen and oxygen atoms in total. The molecule has 0 aliphatic carbocycles. The van der Waals surface area contributed by atoms with Crippen LogP contribution in [-0.2, 0) is 6.54 Å². The van der Waals surface area contributed by atoms with Crippen LogP contribution in [0.25, 0.3) is 10.9 Å². The number of aryl methyl sites for hydroxylation is 1. The number of amides is 1. The molecule has 2 aromatic rings. The molecule has 0 unspecified atom stereocenters. The molecule has 0 atom stereocenters. The molecule has 1 heterocycles. The van der Waals surface area contributed by atoms with E-state index < -0.39 is 22.8 Å². The molecule has 96 valence electrons. The maximum Gasteiger partial charge on any atom is 0.267 e. The summed E-state index contributed by atoms with van der Waals surface area (Å²) >= 11 is 0. The summed E-state index contributed by atoms with van der Waals surface area (Å²) in [6.07, 6.45) is 0.118. The van der Waals surface area contributed by atoms with Gasteiger partial charge >= 0.3 is 0 Å². The number of fused-ring (bicyclic) bond motifs is 1. The third-order valence-corrected chi connectivity index (χ3v) is 2.84. The van der Waals surface area contributed by atoms with E-state index in [0.29, 0.717) is 10.9 Å². The zero-order valence-corrected chi connectivity index (χ0v) is 9.96. The molecule has 1 amide bonds. The van der Waals surface area contributed by atoms with Crippen LogP contribution in [0.1, 0.15) is 16.8 Å². The van der Waals surface area contributed by atoms with Crippen molar-refractivity contribution >= 4 is 16.8 Å². The van der Waals surface area contributed by atoms with Crippen LogP contribution >= 0.6 is 0 Å². The summed E-state index contributed by atoms with van der Waals surface area (Å²) in [4.78, 5) is 23.4. The lowest BCUT2D eigenvalue weighted by atomic mass is 10.1. The lowest BCUT2D eigenvalue weighted by molar-refractivity contribution is 0.0996. The van der Waals surface area contributed by atoms with Gasteiger partial charge in [-0.2, -0.15) is 5.26 Å². The molecule has 6 heteroatoms. The second-order valence-electron chi connectivity index (χ2n) is 3.97. The van der Waals surface area contributed by atoms with Gasteiger partial charge in [-0.1, -0.05) is 12.1 Å². The van der Waals surface area contributed by atoms with Gasteiger partial charge in [-0.05, 0) is 12.1 Å². The smallest absolute Gasteiger partial charge is 0.267 e. The number of nitrogens with two attached hydrogens (primary N) is 1. The van der Waals surface area contributed by atoms with Crippen LogP contribution in [0.3, 0.4) is 0 Å². The first-order valence-electron chi connectivity index (χ1n) is 5.59. The van der Waals surface area contributed by atoms with Gasteiger partial charge in [0.2, 0.25) is 0 Å². The van der Waals surface area contributed by atoms with Gasteiger partial charge in [-0.15, -0.1) is 0 Å². The van der Waals surface area contributed by atoms with Crippen molar-refractivity contribution in [2.45, 2.75) is 13.0 Å². The molecule has 0 aliphatic heterocycles. The van der Waals surface area contributed by atoms with E-state index in [1.807, 2.05) is 6.07 Å². The minimum atomic E-state index is -0.987. The van der Waals surface area contributed by atoms with Gasteiger partial charge in [-0.25, -0.2) is 0 Å². The van der Waals surface area contributed by atoms with Crippen LogP contribution in [0.5, 0.6) is 5.75 Å². The van der Waals surface area contributed by atoms with Crippen molar-refractivity contribution in [2.24, 2.45) is 5.73 Å². The van der Waals surface area contributed by atoms with E-state index in [9.17, 15) is 14.7 Å². The maximum absolute atomic E-state index is 12.1. The third-order valence-electron chi connectivity index (χ3n) is 2.84. The van der Waals surface area contributed by atoms with Crippen molar-refractivity contribution < 1.29 is 9.90 Å². The number of pyridine rings is 1. The minimum absolute atomic E-state index is 0.118. The summed E-state index contributed by atoms with van der Waals surface area (Å²) in [6, 6.07) is 8.53. The van der Waals surface area contributed by atoms with Crippen LogP contribution in [0, 0.1) is 11.3 Å². The Morgan fingerprint density at radius 3 is 2.74 bits per heavy atom. The standard InChI is InChI=1S/C13H11N3O3/c14-6-3-7-16-9-5-2-1-4-8(9)11(17)10(12(15)18)13(16)19/h1-2,4-5,17H,3,7H2,(H2,15,18). The predicted molar refractivity (Wildman–Crippen MR) is 68.6 cm³/mol. The lowest BCUT2D eigenvalue weighted by Crippen LogP contribution is -2.30. The molecule has 0 radical (unpaired) electrons. The monoisotopic (exact) mass is 257 g/mol. The second kappa shape index (κ2) is 4.82. The van der Waals surface area contributed by atoms with E-state index in [1.54, 1.807) is 24.3 Å². The summed E-state index contributed by atoms with van der Waals surface area (Å²) in [5, 5.41) is 18.9. The van der Waals surface area contributed by atoms with Crippen LogP contribution in [0.2, 0.25) is 0 Å². The van der Waals surface area contributed by atoms with Crippen molar-refractivity contribution in [1.29, 1.82) is 5.26 Å². The topological polar surface area (TPSA) is 109 Å². The molecular formula is C13H11N3O3. The zero-order chi connectivity index (χ0) is 14.0. The first-order chi connectivity index (χ1) is 9.07. The Bertz CT molecular complexity index is 756. The zero-order valence-electron chi connectivity index (χ0n) is 9.96. The van der Waals surface area contributed by atoms with Gasteiger partial charge in [0.25, 0.3) is 11.5 Å². The molecule has 0 spiro atoms. The Morgan fingerprint density at radius 1 is 1.42 bits per heavy atom. The summed E-state index contributed by atoms with van der Waals surface area (Å²) < 4.78 is 1.28. The Balaban J connectivity index is 2.89. The fraction of sp³-hybridized carbons (Fsp3) is 0.154. The number of aromatic nitrogens is 1. The van der Waals surface area contributed by atoms with E-state index in [1.165, 1.54) is 4.57 Å². The SMILES string of the molecule is N#CCCn1c(=O)c(C(N)=O)c(O)c2ccccc21. The number of carbonyl (C=O) groups is 1. The molecule has 19 heavy (non-hydrogen) atoms. The molecular weight excluding hydrogens is 246 g/mol. The number of rotatable bonds is 3. The fourth-order valence-corrected chi connectivity index (χ4v) is 2.00. The molecule has 0 bridgehead atoms. The number of hydrogen-bond donors (Lipinski definition) is 2. The lowest BCUT2D eigenvalue weighted by Gasteiger charge is -2.12. The normalized spacial score (nSPS) is 10.3. The van der Waals surface area contributed by atoms with Crippen LogP contribution < -0.4 is 11.3 Å². The van der Waals surface area contributed by atoms with Gasteiger partial charge in [0, 0.05) is 11.9 Å². The van der Waals surface area contributed by atoms with E-state index in [4.69, 9.17) is 11.0 Å². The van der Waals surface area contributed by atoms with Crippen molar-refractivity contribution in [3.63, 3.8) is 0 Å². The highest BCUT2D eigenvalue weighted by molar-refractivity contribution is 6.01. The predicted octanol–water partition coefficient (Wildman–Crippen LogP) is 0.720. The molecule has 2 rings (SSSR count). The van der Waals surface area contributed by atoms with Crippen molar-refractivity contribution in [1.82, 2.24) is 4.57 Å². The Labute approximate surface area is 108 Å². The van der Waals surface area contributed by atoms with E-state index in [2.05, 4.69) is 0 Å². The maximum atomic E-state index is 12.1. The summed E-state index contributed by atoms with van der Waals surface area (Å²) in [5.41, 5.74) is 4.46. The number of carbonyl (C=O) groups excluding carboxylic acids is 1. The van der Waals surface area contributed by atoms with Gasteiger partial charge < -0.3 is 15.4 Å². The van der Waals surface area contributed by atoms with Crippen LogP contribution in [0.4, 0.5) is 0 Å². The van der Waals surface area contributed by atoms with E-state index in [0.717, 1.165) is 0 Å². The largest absolute Gasteiger partial charge is 0.506 e. The summed E-state index contributed by atoms with van der Waals surface area (Å²) in [5.74, 6) is -1.40. The van der Waals surface area contributed by atoms with Crippen molar-refractivity contribution in [3.05, 3.63) is 40.2 Å². The van der Waals surface area contributed by atoms with Gasteiger partial charge in [0.05, 0.1) is 18.0 Å². The minimum Gasteiger partial charge on any atom is -0.506 e. The second-order valence-corrected chi connectivity index (χ2v) is 3.97. The average molecular weight is 257 g/mol. The average Bonchev–Trinajstić information content (AvgIpc) is 2.38. The fourth-order valence-electron chi connectivity index (χ4n) is 2.00. The van der Waals surface area contributed by atoms with Crippen LogP contribution in [0.15, 0.2) is 29.1 Å². The first kappa shape index (κ1) is 12.6. The Kier molecular flexibility index (Phi) is 3.21. The van der Waals surface area contributed by atoms with Crippen molar-refractivity contribution in [3.8, 4) is 11.8 Å². The number of nitrogens with zero attached hydrogens (tertiary/aromatic N) is 2. The number of primary amides is 1. The number of aromatic hydroxyl groups is 1. The van der Waals surface area contributed by atoms with Gasteiger partial charge in [0.1, 0.15) is 11.3 Å². The highest BCUT2D eigenvalue weighted by Crippen LogP contribution is 2.25. The third kappa shape index (κ3) is 2.02. The van der Waals surface area contributed by atoms with E-state index >= 15 is 0 Å². The number of benzene rings is 1. The number of para-hydroxylation sites is 1. The highest BCUT2D eigenvalue weighted by Gasteiger charge is 2.19.